The third kappa shape index (κ3) is 4.42. The van der Waals surface area contributed by atoms with Crippen LogP contribution in [0.4, 0.5) is 0 Å². The van der Waals surface area contributed by atoms with E-state index in [1.807, 2.05) is 12.1 Å². The van der Waals surface area contributed by atoms with Crippen molar-refractivity contribution in [2.24, 2.45) is 0 Å². The van der Waals surface area contributed by atoms with Crippen LogP contribution < -0.4 is 10.1 Å². The van der Waals surface area contributed by atoms with E-state index in [4.69, 9.17) is 4.74 Å². The fourth-order valence-corrected chi connectivity index (χ4v) is 1.82. The van der Waals surface area contributed by atoms with Crippen molar-refractivity contribution >= 4 is 0 Å². The van der Waals surface area contributed by atoms with Gasteiger partial charge in [-0.1, -0.05) is 48.9 Å². The molecule has 100 valence electrons. The van der Waals surface area contributed by atoms with Crippen molar-refractivity contribution in [3.8, 4) is 5.75 Å². The van der Waals surface area contributed by atoms with Gasteiger partial charge in [0.1, 0.15) is 12.4 Å². The van der Waals surface area contributed by atoms with E-state index >= 15 is 0 Å². The van der Waals surface area contributed by atoms with Crippen LogP contribution in [0.3, 0.4) is 0 Å². The minimum Gasteiger partial charge on any atom is -0.489 e. The quantitative estimate of drug-likeness (QED) is 0.850. The Labute approximate surface area is 115 Å². The molecule has 0 aliphatic heterocycles. The summed E-state index contributed by atoms with van der Waals surface area (Å²) in [7, 11) is 0. The Balaban J connectivity index is 1.87. The largest absolute Gasteiger partial charge is 0.489 e. The number of rotatable bonds is 6. The summed E-state index contributed by atoms with van der Waals surface area (Å²) >= 11 is 0. The molecule has 2 nitrogen and oxygen atoms in total. The zero-order chi connectivity index (χ0) is 13.5. The molecule has 0 spiro atoms. The number of benzene rings is 2. The molecule has 0 fully saturated rings. The van der Waals surface area contributed by atoms with Gasteiger partial charge in [0.15, 0.2) is 0 Å². The number of hydrogen-bond acceptors (Lipinski definition) is 2. The molecule has 0 aromatic heterocycles. The molecule has 0 amide bonds. The summed E-state index contributed by atoms with van der Waals surface area (Å²) in [5.74, 6) is 0.917. The Morgan fingerprint density at radius 3 is 2.16 bits per heavy atom. The third-order valence-electron chi connectivity index (χ3n) is 3.03. The van der Waals surface area contributed by atoms with E-state index in [9.17, 15) is 0 Å². The first-order chi connectivity index (χ1) is 9.28. The minimum atomic E-state index is 0.618. The van der Waals surface area contributed by atoms with Crippen molar-refractivity contribution in [1.82, 2.24) is 5.32 Å². The van der Waals surface area contributed by atoms with Crippen LogP contribution in [0.15, 0.2) is 48.5 Å². The van der Waals surface area contributed by atoms with Gasteiger partial charge in [-0.05, 0) is 36.7 Å². The topological polar surface area (TPSA) is 21.3 Å². The van der Waals surface area contributed by atoms with Crippen molar-refractivity contribution in [3.05, 3.63) is 65.2 Å². The van der Waals surface area contributed by atoms with Crippen LogP contribution in [0.25, 0.3) is 0 Å². The first-order valence-corrected chi connectivity index (χ1v) is 6.76. The van der Waals surface area contributed by atoms with Crippen molar-refractivity contribution in [1.29, 1.82) is 0 Å². The van der Waals surface area contributed by atoms with Gasteiger partial charge in [-0.25, -0.2) is 0 Å². The van der Waals surface area contributed by atoms with Crippen molar-refractivity contribution in [2.75, 3.05) is 6.54 Å². The van der Waals surface area contributed by atoms with E-state index in [0.717, 1.165) is 18.8 Å². The molecule has 0 saturated carbocycles. The number of nitrogens with one attached hydrogen (secondary N) is 1. The number of aryl methyl sites for hydroxylation is 1. The van der Waals surface area contributed by atoms with Gasteiger partial charge in [0, 0.05) is 6.54 Å². The second kappa shape index (κ2) is 6.95. The van der Waals surface area contributed by atoms with E-state index in [2.05, 4.69) is 55.6 Å². The van der Waals surface area contributed by atoms with Gasteiger partial charge in [0.05, 0.1) is 0 Å². The highest BCUT2D eigenvalue weighted by Gasteiger charge is 1.97. The van der Waals surface area contributed by atoms with Crippen molar-refractivity contribution < 1.29 is 4.74 Å². The summed E-state index contributed by atoms with van der Waals surface area (Å²) in [5, 5.41) is 3.31. The average molecular weight is 255 g/mol. The minimum absolute atomic E-state index is 0.618. The fraction of sp³-hybridized carbons (Fsp3) is 0.294. The van der Waals surface area contributed by atoms with E-state index in [1.54, 1.807) is 0 Å². The SMILES string of the molecule is CCNCc1ccc(OCc2ccc(C)cc2)cc1. The molecule has 0 aliphatic rings. The summed E-state index contributed by atoms with van der Waals surface area (Å²) in [6.07, 6.45) is 0. The lowest BCUT2D eigenvalue weighted by Crippen LogP contribution is -2.11. The standard InChI is InChI=1S/C17H21NO/c1-3-18-12-15-8-10-17(11-9-15)19-13-16-6-4-14(2)5-7-16/h4-11,18H,3,12-13H2,1-2H3. The van der Waals surface area contributed by atoms with E-state index < -0.39 is 0 Å². The smallest absolute Gasteiger partial charge is 0.119 e. The van der Waals surface area contributed by atoms with Crippen LogP contribution in [0.2, 0.25) is 0 Å². The fourth-order valence-electron chi connectivity index (χ4n) is 1.82. The molecule has 2 heteroatoms. The Morgan fingerprint density at radius 2 is 1.53 bits per heavy atom. The molecule has 0 radical (unpaired) electrons. The van der Waals surface area contributed by atoms with Gasteiger partial charge in [-0.3, -0.25) is 0 Å². The Bertz CT molecular complexity index is 488. The summed E-state index contributed by atoms with van der Waals surface area (Å²) < 4.78 is 5.77. The predicted molar refractivity (Wildman–Crippen MR) is 79.3 cm³/mol. The van der Waals surface area contributed by atoms with Gasteiger partial charge in [-0.2, -0.15) is 0 Å². The molecule has 0 bridgehead atoms. The zero-order valence-electron chi connectivity index (χ0n) is 11.6. The average Bonchev–Trinajstić information content (AvgIpc) is 2.46. The second-order valence-electron chi connectivity index (χ2n) is 4.70. The lowest BCUT2D eigenvalue weighted by molar-refractivity contribution is 0.306. The summed E-state index contributed by atoms with van der Waals surface area (Å²) in [6.45, 7) is 6.72. The highest BCUT2D eigenvalue weighted by Crippen LogP contribution is 2.14. The molecule has 0 heterocycles. The molecular formula is C17H21NO. The van der Waals surface area contributed by atoms with Gasteiger partial charge < -0.3 is 10.1 Å². The van der Waals surface area contributed by atoms with Crippen LogP contribution in [0.5, 0.6) is 5.75 Å². The second-order valence-corrected chi connectivity index (χ2v) is 4.70. The summed E-state index contributed by atoms with van der Waals surface area (Å²) in [5.41, 5.74) is 3.75. The Kier molecular flexibility index (Phi) is 4.99. The first-order valence-electron chi connectivity index (χ1n) is 6.76. The molecule has 2 aromatic rings. The summed E-state index contributed by atoms with van der Waals surface area (Å²) in [4.78, 5) is 0. The monoisotopic (exact) mass is 255 g/mol. The zero-order valence-corrected chi connectivity index (χ0v) is 11.6. The third-order valence-corrected chi connectivity index (χ3v) is 3.03. The molecule has 1 N–H and O–H groups in total. The molecule has 2 rings (SSSR count). The molecule has 0 aliphatic carbocycles. The maximum absolute atomic E-state index is 5.77. The number of hydrogen-bond donors (Lipinski definition) is 1. The first kappa shape index (κ1) is 13.6. The summed E-state index contributed by atoms with van der Waals surface area (Å²) in [6, 6.07) is 16.7. The molecule has 19 heavy (non-hydrogen) atoms. The maximum atomic E-state index is 5.77. The Morgan fingerprint density at radius 1 is 0.895 bits per heavy atom. The molecule has 0 atom stereocenters. The molecule has 2 aromatic carbocycles. The van der Waals surface area contributed by atoms with Crippen molar-refractivity contribution in [3.63, 3.8) is 0 Å². The predicted octanol–water partition coefficient (Wildman–Crippen LogP) is 3.68. The van der Waals surface area contributed by atoms with Crippen LogP contribution in [-0.2, 0) is 13.2 Å². The van der Waals surface area contributed by atoms with Gasteiger partial charge in [-0.15, -0.1) is 0 Å². The van der Waals surface area contributed by atoms with Gasteiger partial charge in [0.2, 0.25) is 0 Å². The number of ether oxygens (including phenoxy) is 1. The van der Waals surface area contributed by atoms with Crippen LogP contribution in [0.1, 0.15) is 23.6 Å². The highest BCUT2D eigenvalue weighted by molar-refractivity contribution is 5.28. The van der Waals surface area contributed by atoms with Crippen molar-refractivity contribution in [2.45, 2.75) is 27.0 Å². The van der Waals surface area contributed by atoms with Gasteiger partial charge in [0.25, 0.3) is 0 Å². The normalized spacial score (nSPS) is 10.4. The van der Waals surface area contributed by atoms with Crippen LogP contribution in [0, 0.1) is 6.92 Å². The maximum Gasteiger partial charge on any atom is 0.119 e. The van der Waals surface area contributed by atoms with Gasteiger partial charge >= 0.3 is 0 Å². The van der Waals surface area contributed by atoms with Crippen LogP contribution in [-0.4, -0.2) is 6.54 Å². The highest BCUT2D eigenvalue weighted by atomic mass is 16.5. The molecular weight excluding hydrogens is 234 g/mol. The van der Waals surface area contributed by atoms with E-state index in [0.29, 0.717) is 6.61 Å². The van der Waals surface area contributed by atoms with E-state index in [-0.39, 0.29) is 0 Å². The van der Waals surface area contributed by atoms with Crippen LogP contribution >= 0.6 is 0 Å². The lowest BCUT2D eigenvalue weighted by Gasteiger charge is -2.08. The molecule has 0 saturated heterocycles. The Hall–Kier alpha value is -1.80. The molecule has 0 unspecified atom stereocenters. The van der Waals surface area contributed by atoms with E-state index in [1.165, 1.54) is 16.7 Å². The lowest BCUT2D eigenvalue weighted by atomic mass is 10.2.